The minimum absolute atomic E-state index is 0.238. The molecule has 1 aliphatic heterocycles. The number of fused-ring (bicyclic) bond motifs is 3. The Morgan fingerprint density at radius 2 is 1.82 bits per heavy atom. The Kier molecular flexibility index (Phi) is 2.09. The maximum atomic E-state index is 6.15. The predicted molar refractivity (Wildman–Crippen MR) is 73.1 cm³/mol. The summed E-state index contributed by atoms with van der Waals surface area (Å²) in [5, 5.41) is 1.25. The molecular weight excluding hydrogens is 278 g/mol. The van der Waals surface area contributed by atoms with Crippen LogP contribution in [0, 0.1) is 0 Å². The molecule has 0 bridgehead atoms. The van der Waals surface area contributed by atoms with Crippen LogP contribution in [-0.2, 0) is 15.9 Å². The van der Waals surface area contributed by atoms with E-state index in [9.17, 15) is 0 Å². The van der Waals surface area contributed by atoms with E-state index >= 15 is 0 Å². The number of rotatable bonds is 0. The molecule has 0 unspecified atom stereocenters. The Hall–Kier alpha value is -0.800. The summed E-state index contributed by atoms with van der Waals surface area (Å²) in [6.07, 6.45) is 0. The molecule has 0 aliphatic carbocycles. The Bertz CT molecular complexity index is 610. The van der Waals surface area contributed by atoms with Crippen molar-refractivity contribution in [2.45, 2.75) is 38.9 Å². The van der Waals surface area contributed by atoms with Crippen LogP contribution in [0.15, 0.2) is 22.7 Å². The lowest BCUT2D eigenvalue weighted by Gasteiger charge is -2.25. The number of ether oxygens (including phenoxy) is 1. The SMILES string of the molecule is CC1(C)OC(C)(C)c2c1[nH]c1c(Br)cccc21. The Morgan fingerprint density at radius 3 is 2.53 bits per heavy atom. The smallest absolute Gasteiger partial charge is 0.104 e. The molecule has 90 valence electrons. The fourth-order valence-electron chi connectivity index (χ4n) is 3.00. The average Bonchev–Trinajstić information content (AvgIpc) is 2.64. The highest BCUT2D eigenvalue weighted by molar-refractivity contribution is 9.10. The zero-order valence-corrected chi connectivity index (χ0v) is 12.1. The molecule has 17 heavy (non-hydrogen) atoms. The fourth-order valence-corrected chi connectivity index (χ4v) is 3.46. The van der Waals surface area contributed by atoms with E-state index in [1.807, 2.05) is 0 Å². The molecule has 0 atom stereocenters. The van der Waals surface area contributed by atoms with Crippen LogP contribution in [0.4, 0.5) is 0 Å². The third-order valence-electron chi connectivity index (χ3n) is 3.50. The van der Waals surface area contributed by atoms with Crippen LogP contribution >= 0.6 is 15.9 Å². The van der Waals surface area contributed by atoms with E-state index in [-0.39, 0.29) is 11.2 Å². The molecule has 0 spiro atoms. The lowest BCUT2D eigenvalue weighted by atomic mass is 9.94. The van der Waals surface area contributed by atoms with E-state index in [0.29, 0.717) is 0 Å². The van der Waals surface area contributed by atoms with Gasteiger partial charge in [0.05, 0.1) is 16.8 Å². The molecule has 0 saturated carbocycles. The molecule has 1 N–H and O–H groups in total. The molecule has 2 nitrogen and oxygen atoms in total. The van der Waals surface area contributed by atoms with E-state index in [2.05, 4.69) is 66.8 Å². The second kappa shape index (κ2) is 3.15. The van der Waals surface area contributed by atoms with Gasteiger partial charge in [0.1, 0.15) is 5.60 Å². The highest BCUT2D eigenvalue weighted by atomic mass is 79.9. The Labute approximate surface area is 109 Å². The van der Waals surface area contributed by atoms with Gasteiger partial charge in [-0.2, -0.15) is 0 Å². The molecule has 0 fully saturated rings. The topological polar surface area (TPSA) is 25.0 Å². The second-order valence-corrected chi connectivity index (χ2v) is 6.51. The monoisotopic (exact) mass is 293 g/mol. The third-order valence-corrected chi connectivity index (χ3v) is 4.16. The highest BCUT2D eigenvalue weighted by Gasteiger charge is 2.45. The molecule has 1 aromatic heterocycles. The Morgan fingerprint density at radius 1 is 1.12 bits per heavy atom. The summed E-state index contributed by atoms with van der Waals surface area (Å²) in [5.41, 5.74) is 3.17. The van der Waals surface area contributed by atoms with Crippen molar-refractivity contribution >= 4 is 26.8 Å². The molecule has 2 heterocycles. The second-order valence-electron chi connectivity index (χ2n) is 5.66. The zero-order chi connectivity index (χ0) is 12.4. The van der Waals surface area contributed by atoms with E-state index in [1.54, 1.807) is 0 Å². The van der Waals surface area contributed by atoms with Crippen molar-refractivity contribution in [1.29, 1.82) is 0 Å². The molecule has 0 saturated heterocycles. The minimum atomic E-state index is -0.253. The molecule has 0 amide bonds. The van der Waals surface area contributed by atoms with Gasteiger partial charge in [0.25, 0.3) is 0 Å². The molecule has 1 aliphatic rings. The van der Waals surface area contributed by atoms with Gasteiger partial charge in [-0.15, -0.1) is 0 Å². The van der Waals surface area contributed by atoms with Gasteiger partial charge in [-0.1, -0.05) is 12.1 Å². The minimum Gasteiger partial charge on any atom is -0.359 e. The van der Waals surface area contributed by atoms with E-state index in [4.69, 9.17) is 4.74 Å². The van der Waals surface area contributed by atoms with Crippen LogP contribution < -0.4 is 0 Å². The summed E-state index contributed by atoms with van der Waals surface area (Å²) in [4.78, 5) is 3.52. The summed E-state index contributed by atoms with van der Waals surface area (Å²) in [7, 11) is 0. The van der Waals surface area contributed by atoms with Crippen LogP contribution in [0.2, 0.25) is 0 Å². The first-order valence-corrected chi connectivity index (χ1v) is 6.63. The largest absolute Gasteiger partial charge is 0.359 e. The molecule has 2 aromatic rings. The van der Waals surface area contributed by atoms with Gasteiger partial charge in [-0.05, 0) is 49.7 Å². The number of benzene rings is 1. The number of hydrogen-bond donors (Lipinski definition) is 1. The number of aromatic nitrogens is 1. The van der Waals surface area contributed by atoms with Crippen molar-refractivity contribution in [1.82, 2.24) is 4.98 Å². The van der Waals surface area contributed by atoms with Crippen molar-refractivity contribution in [2.24, 2.45) is 0 Å². The van der Waals surface area contributed by atoms with Crippen LogP contribution in [0.5, 0.6) is 0 Å². The van der Waals surface area contributed by atoms with Gasteiger partial charge in [0.2, 0.25) is 0 Å². The van der Waals surface area contributed by atoms with Gasteiger partial charge in [0.15, 0.2) is 0 Å². The first-order chi connectivity index (χ1) is 7.83. The number of H-pyrrole nitrogens is 1. The first kappa shape index (κ1) is 11.3. The number of hydrogen-bond acceptors (Lipinski definition) is 1. The van der Waals surface area contributed by atoms with Gasteiger partial charge < -0.3 is 9.72 Å². The van der Waals surface area contributed by atoms with Crippen LogP contribution in [-0.4, -0.2) is 4.98 Å². The first-order valence-electron chi connectivity index (χ1n) is 5.84. The number of aromatic amines is 1. The predicted octanol–water partition coefficient (Wildman–Crippen LogP) is 4.43. The van der Waals surface area contributed by atoms with Crippen molar-refractivity contribution in [3.63, 3.8) is 0 Å². The average molecular weight is 294 g/mol. The highest BCUT2D eigenvalue weighted by Crippen LogP contribution is 2.50. The van der Waals surface area contributed by atoms with Crippen LogP contribution in [0.25, 0.3) is 10.9 Å². The van der Waals surface area contributed by atoms with Gasteiger partial charge >= 0.3 is 0 Å². The lowest BCUT2D eigenvalue weighted by molar-refractivity contribution is -0.106. The molecule has 3 rings (SSSR count). The summed E-state index contributed by atoms with van der Waals surface area (Å²) in [6.45, 7) is 8.50. The van der Waals surface area contributed by atoms with Crippen LogP contribution in [0.1, 0.15) is 39.0 Å². The van der Waals surface area contributed by atoms with Crippen molar-refractivity contribution in [3.8, 4) is 0 Å². The van der Waals surface area contributed by atoms with E-state index in [1.165, 1.54) is 22.2 Å². The quantitative estimate of drug-likeness (QED) is 0.764. The summed E-state index contributed by atoms with van der Waals surface area (Å²) in [5.74, 6) is 0. The standard InChI is InChI=1S/C14H16BrNO/c1-13(2)10-8-6-5-7-9(15)11(8)16-12(10)14(3,4)17-13/h5-7,16H,1-4H3. The summed E-state index contributed by atoms with van der Waals surface area (Å²) >= 11 is 3.60. The third kappa shape index (κ3) is 1.42. The maximum Gasteiger partial charge on any atom is 0.104 e. The van der Waals surface area contributed by atoms with Crippen molar-refractivity contribution in [3.05, 3.63) is 33.9 Å². The van der Waals surface area contributed by atoms with Gasteiger partial charge in [0, 0.05) is 15.4 Å². The molecule has 1 aromatic carbocycles. The summed E-state index contributed by atoms with van der Waals surface area (Å²) in [6, 6.07) is 6.29. The van der Waals surface area contributed by atoms with Crippen molar-refractivity contribution in [2.75, 3.05) is 0 Å². The lowest BCUT2D eigenvalue weighted by Crippen LogP contribution is -2.23. The normalized spacial score (nSPS) is 20.8. The van der Waals surface area contributed by atoms with Gasteiger partial charge in [-0.25, -0.2) is 0 Å². The van der Waals surface area contributed by atoms with E-state index < -0.39 is 0 Å². The van der Waals surface area contributed by atoms with E-state index in [0.717, 1.165) is 4.47 Å². The van der Waals surface area contributed by atoms with Gasteiger partial charge in [-0.3, -0.25) is 0 Å². The van der Waals surface area contributed by atoms with Crippen LogP contribution in [0.3, 0.4) is 0 Å². The number of para-hydroxylation sites is 1. The molecule has 0 radical (unpaired) electrons. The Balaban J connectivity index is 2.45. The molecular formula is C14H16BrNO. The number of nitrogens with one attached hydrogen (secondary N) is 1. The van der Waals surface area contributed by atoms with Crippen molar-refractivity contribution < 1.29 is 4.74 Å². The summed E-state index contributed by atoms with van der Waals surface area (Å²) < 4.78 is 7.26. The maximum absolute atomic E-state index is 6.15. The fraction of sp³-hybridized carbons (Fsp3) is 0.429. The molecule has 3 heteroatoms. The number of halogens is 1. The zero-order valence-electron chi connectivity index (χ0n) is 10.5.